The Labute approximate surface area is 86.2 Å². The average molecular weight is 199 g/mol. The average Bonchev–Trinajstić information content (AvgIpc) is 2.63. The second-order valence-corrected chi connectivity index (χ2v) is 3.89. The second-order valence-electron chi connectivity index (χ2n) is 3.89. The molecule has 0 spiro atoms. The highest BCUT2D eigenvalue weighted by Crippen LogP contribution is 2.17. The van der Waals surface area contributed by atoms with Crippen molar-refractivity contribution in [1.82, 2.24) is 5.32 Å². The molecular weight excluding hydrogens is 178 g/mol. The molecule has 0 aromatic heterocycles. The molecule has 0 aliphatic carbocycles. The minimum Gasteiger partial charge on any atom is -0.465 e. The molecule has 1 N–H and O–H groups in total. The van der Waals surface area contributed by atoms with E-state index >= 15 is 0 Å². The van der Waals surface area contributed by atoms with Crippen LogP contribution in [0.4, 0.5) is 0 Å². The van der Waals surface area contributed by atoms with Crippen molar-refractivity contribution in [3.63, 3.8) is 0 Å². The van der Waals surface area contributed by atoms with Crippen molar-refractivity contribution in [3.05, 3.63) is 0 Å². The first-order chi connectivity index (χ1) is 6.77. The van der Waals surface area contributed by atoms with Crippen molar-refractivity contribution in [2.45, 2.75) is 58.0 Å². The predicted octanol–water partition coefficient (Wildman–Crippen LogP) is 1.86. The van der Waals surface area contributed by atoms with Crippen molar-refractivity contribution < 1.29 is 9.53 Å². The highest BCUT2D eigenvalue weighted by Gasteiger charge is 2.29. The summed E-state index contributed by atoms with van der Waals surface area (Å²) in [5.74, 6) is -0.0773. The van der Waals surface area contributed by atoms with Gasteiger partial charge in [-0.1, -0.05) is 19.8 Å². The van der Waals surface area contributed by atoms with Gasteiger partial charge >= 0.3 is 5.97 Å². The number of esters is 1. The van der Waals surface area contributed by atoms with E-state index in [1.54, 1.807) is 0 Å². The van der Waals surface area contributed by atoms with Crippen LogP contribution in [0.2, 0.25) is 0 Å². The fourth-order valence-electron chi connectivity index (χ4n) is 1.93. The highest BCUT2D eigenvalue weighted by molar-refractivity contribution is 5.76. The Bertz CT molecular complexity index is 182. The standard InChI is InChI=1S/C11H21NO2/c1-3-5-6-9-7-8-10(12-9)11(13)14-4-2/h9-10,12H,3-8H2,1-2H3/t9-,10+/m1/s1. The number of carbonyl (C=O) groups is 1. The molecule has 0 bridgehead atoms. The zero-order chi connectivity index (χ0) is 10.4. The number of hydrogen-bond acceptors (Lipinski definition) is 3. The lowest BCUT2D eigenvalue weighted by atomic mass is 10.1. The molecule has 1 rings (SSSR count). The Kier molecular flexibility index (Phi) is 4.94. The molecule has 3 nitrogen and oxygen atoms in total. The summed E-state index contributed by atoms with van der Waals surface area (Å²) in [5.41, 5.74) is 0. The molecular formula is C11H21NO2. The molecule has 1 fully saturated rings. The van der Waals surface area contributed by atoms with Gasteiger partial charge in [0.2, 0.25) is 0 Å². The van der Waals surface area contributed by atoms with E-state index in [9.17, 15) is 4.79 Å². The van der Waals surface area contributed by atoms with Crippen LogP contribution in [-0.2, 0) is 9.53 Å². The molecule has 0 radical (unpaired) electrons. The quantitative estimate of drug-likeness (QED) is 0.687. The van der Waals surface area contributed by atoms with Crippen LogP contribution in [0, 0.1) is 0 Å². The van der Waals surface area contributed by atoms with Gasteiger partial charge in [0, 0.05) is 6.04 Å². The van der Waals surface area contributed by atoms with Crippen molar-refractivity contribution in [2.75, 3.05) is 6.61 Å². The van der Waals surface area contributed by atoms with E-state index in [0.29, 0.717) is 12.6 Å². The summed E-state index contributed by atoms with van der Waals surface area (Å²) in [6, 6.07) is 0.487. The third kappa shape index (κ3) is 3.29. The maximum Gasteiger partial charge on any atom is 0.323 e. The highest BCUT2D eigenvalue weighted by atomic mass is 16.5. The van der Waals surface area contributed by atoms with Gasteiger partial charge in [0.15, 0.2) is 0 Å². The van der Waals surface area contributed by atoms with Crippen molar-refractivity contribution in [3.8, 4) is 0 Å². The molecule has 0 aromatic rings. The monoisotopic (exact) mass is 199 g/mol. The molecule has 0 unspecified atom stereocenters. The SMILES string of the molecule is CCCC[C@@H]1CC[C@@H](C(=O)OCC)N1. The molecule has 1 aliphatic rings. The third-order valence-corrected chi connectivity index (χ3v) is 2.72. The lowest BCUT2D eigenvalue weighted by Crippen LogP contribution is -2.36. The van der Waals surface area contributed by atoms with E-state index in [1.807, 2.05) is 6.92 Å². The van der Waals surface area contributed by atoms with Crippen molar-refractivity contribution in [2.24, 2.45) is 0 Å². The molecule has 14 heavy (non-hydrogen) atoms. The minimum absolute atomic E-state index is 0.0446. The zero-order valence-electron chi connectivity index (χ0n) is 9.21. The van der Waals surface area contributed by atoms with Crippen LogP contribution in [0.25, 0.3) is 0 Å². The summed E-state index contributed by atoms with van der Waals surface area (Å²) in [5, 5.41) is 3.34. The summed E-state index contributed by atoms with van der Waals surface area (Å²) in [6.45, 7) is 4.52. The van der Waals surface area contributed by atoms with Gasteiger partial charge in [0.1, 0.15) is 6.04 Å². The van der Waals surface area contributed by atoms with Crippen molar-refractivity contribution >= 4 is 5.97 Å². The van der Waals surface area contributed by atoms with E-state index in [1.165, 1.54) is 19.3 Å². The Morgan fingerprint density at radius 1 is 1.43 bits per heavy atom. The lowest BCUT2D eigenvalue weighted by molar-refractivity contribution is -0.145. The van der Waals surface area contributed by atoms with E-state index in [4.69, 9.17) is 4.74 Å². The van der Waals surface area contributed by atoms with E-state index < -0.39 is 0 Å². The fourth-order valence-corrected chi connectivity index (χ4v) is 1.93. The Morgan fingerprint density at radius 2 is 2.21 bits per heavy atom. The Morgan fingerprint density at radius 3 is 2.86 bits per heavy atom. The number of hydrogen-bond donors (Lipinski definition) is 1. The molecule has 2 atom stereocenters. The summed E-state index contributed by atoms with van der Waals surface area (Å²) in [6.07, 6.45) is 5.71. The topological polar surface area (TPSA) is 38.3 Å². The van der Waals surface area contributed by atoms with Gasteiger partial charge < -0.3 is 10.1 Å². The lowest BCUT2D eigenvalue weighted by Gasteiger charge is -2.12. The van der Waals surface area contributed by atoms with Gasteiger partial charge in [-0.15, -0.1) is 0 Å². The number of carbonyl (C=O) groups excluding carboxylic acids is 1. The number of nitrogens with one attached hydrogen (secondary N) is 1. The molecule has 0 aromatic carbocycles. The van der Waals surface area contributed by atoms with Gasteiger partial charge in [-0.3, -0.25) is 4.79 Å². The number of rotatable bonds is 5. The molecule has 3 heteroatoms. The van der Waals surface area contributed by atoms with Crippen LogP contribution < -0.4 is 5.32 Å². The maximum absolute atomic E-state index is 11.4. The summed E-state index contributed by atoms with van der Waals surface area (Å²) < 4.78 is 4.98. The smallest absolute Gasteiger partial charge is 0.323 e. The van der Waals surface area contributed by atoms with Crippen molar-refractivity contribution in [1.29, 1.82) is 0 Å². The first-order valence-electron chi connectivity index (χ1n) is 5.70. The summed E-state index contributed by atoms with van der Waals surface area (Å²) >= 11 is 0. The van der Waals surface area contributed by atoms with Gasteiger partial charge in [-0.05, 0) is 26.2 Å². The van der Waals surface area contributed by atoms with Crippen LogP contribution >= 0.6 is 0 Å². The normalized spacial score (nSPS) is 26.4. The predicted molar refractivity (Wildman–Crippen MR) is 56.1 cm³/mol. The minimum atomic E-state index is -0.0773. The fraction of sp³-hybridized carbons (Fsp3) is 0.909. The van der Waals surface area contributed by atoms with Crippen LogP contribution in [0.15, 0.2) is 0 Å². The van der Waals surface area contributed by atoms with E-state index in [0.717, 1.165) is 12.8 Å². The van der Waals surface area contributed by atoms with Gasteiger partial charge in [0.05, 0.1) is 6.61 Å². The molecule has 1 heterocycles. The maximum atomic E-state index is 11.4. The zero-order valence-corrected chi connectivity index (χ0v) is 9.21. The second kappa shape index (κ2) is 6.02. The summed E-state index contributed by atoms with van der Waals surface area (Å²) in [4.78, 5) is 11.4. The molecule has 0 amide bonds. The van der Waals surface area contributed by atoms with Crippen LogP contribution in [-0.4, -0.2) is 24.7 Å². The largest absolute Gasteiger partial charge is 0.465 e. The molecule has 1 saturated heterocycles. The first-order valence-corrected chi connectivity index (χ1v) is 5.70. The van der Waals surface area contributed by atoms with E-state index in [2.05, 4.69) is 12.2 Å². The number of ether oxygens (including phenoxy) is 1. The molecule has 0 saturated carbocycles. The van der Waals surface area contributed by atoms with Gasteiger partial charge in [-0.25, -0.2) is 0 Å². The van der Waals surface area contributed by atoms with Crippen LogP contribution in [0.5, 0.6) is 0 Å². The first kappa shape index (κ1) is 11.5. The molecule has 1 aliphatic heterocycles. The third-order valence-electron chi connectivity index (χ3n) is 2.72. The van der Waals surface area contributed by atoms with Gasteiger partial charge in [-0.2, -0.15) is 0 Å². The van der Waals surface area contributed by atoms with E-state index in [-0.39, 0.29) is 12.0 Å². The molecule has 82 valence electrons. The number of unbranched alkanes of at least 4 members (excludes halogenated alkanes) is 1. The Balaban J connectivity index is 2.22. The Hall–Kier alpha value is -0.570. The summed E-state index contributed by atoms with van der Waals surface area (Å²) in [7, 11) is 0. The van der Waals surface area contributed by atoms with Crippen LogP contribution in [0.1, 0.15) is 46.0 Å². The van der Waals surface area contributed by atoms with Crippen LogP contribution in [0.3, 0.4) is 0 Å². The van der Waals surface area contributed by atoms with Gasteiger partial charge in [0.25, 0.3) is 0 Å².